The third kappa shape index (κ3) is 1.98. The molecule has 0 saturated heterocycles. The molecule has 17 heavy (non-hydrogen) atoms. The van der Waals surface area contributed by atoms with Crippen LogP contribution in [0.3, 0.4) is 0 Å². The van der Waals surface area contributed by atoms with Crippen LogP contribution in [0.5, 0.6) is 0 Å². The van der Waals surface area contributed by atoms with Crippen LogP contribution in [0.25, 0.3) is 0 Å². The Bertz CT molecular complexity index is 590. The molecule has 0 radical (unpaired) electrons. The van der Waals surface area contributed by atoms with E-state index in [2.05, 4.69) is 0 Å². The topological polar surface area (TPSA) is 52.9 Å². The van der Waals surface area contributed by atoms with Crippen LogP contribution < -0.4 is 11.4 Å². The van der Waals surface area contributed by atoms with E-state index in [1.807, 2.05) is 38.1 Å². The van der Waals surface area contributed by atoms with Crippen molar-refractivity contribution in [3.8, 4) is 0 Å². The van der Waals surface area contributed by atoms with Crippen LogP contribution in [-0.4, -0.2) is 9.13 Å². The molecule has 90 valence electrons. The fourth-order valence-corrected chi connectivity index (χ4v) is 1.90. The molecule has 4 nitrogen and oxygen atoms in total. The van der Waals surface area contributed by atoms with E-state index in [0.717, 1.165) is 22.6 Å². The Labute approximate surface area is 100 Å². The predicted molar refractivity (Wildman–Crippen MR) is 69.1 cm³/mol. The van der Waals surface area contributed by atoms with Crippen molar-refractivity contribution >= 4 is 5.69 Å². The van der Waals surface area contributed by atoms with Gasteiger partial charge in [0.15, 0.2) is 0 Å². The van der Waals surface area contributed by atoms with E-state index in [0.29, 0.717) is 6.54 Å². The molecule has 0 bridgehead atoms. The monoisotopic (exact) mass is 231 g/mol. The van der Waals surface area contributed by atoms with Crippen LogP contribution in [0.2, 0.25) is 0 Å². The zero-order valence-corrected chi connectivity index (χ0v) is 10.4. The van der Waals surface area contributed by atoms with Crippen LogP contribution >= 0.6 is 0 Å². The quantitative estimate of drug-likeness (QED) is 0.795. The third-order valence-corrected chi connectivity index (χ3v) is 3.27. The Kier molecular flexibility index (Phi) is 2.79. The van der Waals surface area contributed by atoms with Gasteiger partial charge < -0.3 is 5.73 Å². The van der Waals surface area contributed by atoms with Crippen molar-refractivity contribution in [1.29, 1.82) is 0 Å². The first-order valence-corrected chi connectivity index (χ1v) is 5.58. The van der Waals surface area contributed by atoms with Crippen LogP contribution in [-0.2, 0) is 13.6 Å². The highest BCUT2D eigenvalue weighted by molar-refractivity contribution is 5.39. The maximum atomic E-state index is 12.0. The zero-order chi connectivity index (χ0) is 12.6. The van der Waals surface area contributed by atoms with Crippen molar-refractivity contribution in [2.24, 2.45) is 7.05 Å². The molecule has 0 aliphatic rings. The second-order valence-electron chi connectivity index (χ2n) is 4.34. The number of benzene rings is 1. The minimum Gasteiger partial charge on any atom is -0.399 e. The number of rotatable bonds is 2. The molecule has 2 aromatic rings. The van der Waals surface area contributed by atoms with Crippen LogP contribution in [0.4, 0.5) is 5.69 Å². The molecule has 0 saturated carbocycles. The van der Waals surface area contributed by atoms with Crippen molar-refractivity contribution in [2.75, 3.05) is 5.73 Å². The molecule has 0 amide bonds. The molecule has 0 atom stereocenters. The van der Waals surface area contributed by atoms with E-state index in [1.54, 1.807) is 16.2 Å². The van der Waals surface area contributed by atoms with Gasteiger partial charge in [0.1, 0.15) is 0 Å². The molecule has 1 aromatic heterocycles. The standard InChI is InChI=1S/C13H17N3O/c1-9-10(2)16(13(17)15(9)3)8-11-4-6-12(14)7-5-11/h4-7H,8,14H2,1-3H3. The average molecular weight is 231 g/mol. The zero-order valence-electron chi connectivity index (χ0n) is 10.4. The second-order valence-corrected chi connectivity index (χ2v) is 4.34. The normalized spacial score (nSPS) is 10.8. The Hall–Kier alpha value is -1.97. The van der Waals surface area contributed by atoms with E-state index in [1.165, 1.54) is 0 Å². The lowest BCUT2D eigenvalue weighted by atomic mass is 10.2. The molecular weight excluding hydrogens is 214 g/mol. The second kappa shape index (κ2) is 4.13. The van der Waals surface area contributed by atoms with E-state index in [4.69, 9.17) is 5.73 Å². The number of hydrogen-bond acceptors (Lipinski definition) is 2. The summed E-state index contributed by atoms with van der Waals surface area (Å²) in [6, 6.07) is 7.60. The predicted octanol–water partition coefficient (Wildman–Crippen LogP) is 1.43. The van der Waals surface area contributed by atoms with Crippen LogP contribution in [0, 0.1) is 13.8 Å². The maximum absolute atomic E-state index is 12.0. The van der Waals surface area contributed by atoms with Crippen LogP contribution in [0.1, 0.15) is 17.0 Å². The minimum atomic E-state index is 0.0248. The van der Waals surface area contributed by atoms with E-state index >= 15 is 0 Å². The highest BCUT2D eigenvalue weighted by Gasteiger charge is 2.10. The van der Waals surface area contributed by atoms with E-state index < -0.39 is 0 Å². The molecule has 0 aliphatic heterocycles. The van der Waals surface area contributed by atoms with Gasteiger partial charge in [-0.15, -0.1) is 0 Å². The van der Waals surface area contributed by atoms with Crippen molar-refractivity contribution in [2.45, 2.75) is 20.4 Å². The van der Waals surface area contributed by atoms with Gasteiger partial charge in [0.25, 0.3) is 0 Å². The number of anilines is 1. The summed E-state index contributed by atoms with van der Waals surface area (Å²) in [4.78, 5) is 12.0. The van der Waals surface area contributed by atoms with Gasteiger partial charge in [-0.2, -0.15) is 0 Å². The molecule has 0 spiro atoms. The molecule has 0 aliphatic carbocycles. The van der Waals surface area contributed by atoms with Gasteiger partial charge >= 0.3 is 5.69 Å². The largest absolute Gasteiger partial charge is 0.399 e. The number of nitrogens with two attached hydrogens (primary N) is 1. The summed E-state index contributed by atoms with van der Waals surface area (Å²) >= 11 is 0. The lowest BCUT2D eigenvalue weighted by Gasteiger charge is -2.05. The lowest BCUT2D eigenvalue weighted by Crippen LogP contribution is -2.23. The molecular formula is C13H17N3O. The molecule has 0 unspecified atom stereocenters. The lowest BCUT2D eigenvalue weighted by molar-refractivity contribution is 0.703. The number of nitrogens with zero attached hydrogens (tertiary/aromatic N) is 2. The summed E-state index contributed by atoms with van der Waals surface area (Å²) in [6.07, 6.45) is 0. The van der Waals surface area contributed by atoms with E-state index in [9.17, 15) is 4.79 Å². The Morgan fingerprint density at radius 2 is 1.71 bits per heavy atom. The van der Waals surface area contributed by atoms with Gasteiger partial charge in [-0.3, -0.25) is 9.13 Å². The molecule has 0 fully saturated rings. The SMILES string of the molecule is Cc1c(C)n(Cc2ccc(N)cc2)c(=O)n1C. The fraction of sp³-hybridized carbons (Fsp3) is 0.308. The Balaban J connectivity index is 2.40. The first-order valence-electron chi connectivity index (χ1n) is 5.58. The summed E-state index contributed by atoms with van der Waals surface area (Å²) < 4.78 is 3.45. The highest BCUT2D eigenvalue weighted by atomic mass is 16.1. The third-order valence-electron chi connectivity index (χ3n) is 3.27. The summed E-state index contributed by atoms with van der Waals surface area (Å²) in [5, 5.41) is 0. The molecule has 2 rings (SSSR count). The van der Waals surface area contributed by atoms with Crippen molar-refractivity contribution in [3.63, 3.8) is 0 Å². The van der Waals surface area contributed by atoms with Crippen molar-refractivity contribution < 1.29 is 0 Å². The number of aromatic nitrogens is 2. The smallest absolute Gasteiger partial charge is 0.328 e. The van der Waals surface area contributed by atoms with Gasteiger partial charge in [-0.1, -0.05) is 12.1 Å². The number of nitrogen functional groups attached to an aromatic ring is 1. The molecule has 1 aromatic carbocycles. The van der Waals surface area contributed by atoms with E-state index in [-0.39, 0.29) is 5.69 Å². The first-order chi connectivity index (χ1) is 8.00. The Morgan fingerprint density at radius 1 is 1.12 bits per heavy atom. The van der Waals surface area contributed by atoms with Gasteiger partial charge in [-0.05, 0) is 31.5 Å². The first kappa shape index (κ1) is 11.5. The number of imidazole rings is 1. The van der Waals surface area contributed by atoms with Crippen molar-refractivity contribution in [1.82, 2.24) is 9.13 Å². The maximum Gasteiger partial charge on any atom is 0.328 e. The van der Waals surface area contributed by atoms with Gasteiger partial charge in [0, 0.05) is 24.1 Å². The molecule has 2 N–H and O–H groups in total. The summed E-state index contributed by atoms with van der Waals surface area (Å²) in [7, 11) is 1.80. The fourth-order valence-electron chi connectivity index (χ4n) is 1.90. The molecule has 1 heterocycles. The van der Waals surface area contributed by atoms with Gasteiger partial charge in [0.05, 0.1) is 6.54 Å². The van der Waals surface area contributed by atoms with Gasteiger partial charge in [-0.25, -0.2) is 4.79 Å². The summed E-state index contributed by atoms with van der Waals surface area (Å²) in [5.74, 6) is 0. The summed E-state index contributed by atoms with van der Waals surface area (Å²) in [5.41, 5.74) is 9.49. The summed E-state index contributed by atoms with van der Waals surface area (Å²) in [6.45, 7) is 4.51. The number of hydrogen-bond donors (Lipinski definition) is 1. The van der Waals surface area contributed by atoms with Gasteiger partial charge in [0.2, 0.25) is 0 Å². The average Bonchev–Trinajstić information content (AvgIpc) is 2.50. The molecule has 4 heteroatoms. The minimum absolute atomic E-state index is 0.0248. The van der Waals surface area contributed by atoms with Crippen LogP contribution in [0.15, 0.2) is 29.1 Å². The van der Waals surface area contributed by atoms with Crippen molar-refractivity contribution in [3.05, 3.63) is 51.7 Å². The highest BCUT2D eigenvalue weighted by Crippen LogP contribution is 2.09. The Morgan fingerprint density at radius 3 is 2.18 bits per heavy atom.